The van der Waals surface area contributed by atoms with Gasteiger partial charge in [0.2, 0.25) is 0 Å². The van der Waals surface area contributed by atoms with Crippen LogP contribution in [-0.4, -0.2) is 34.2 Å². The summed E-state index contributed by atoms with van der Waals surface area (Å²) in [4.78, 5) is 11.2. The Morgan fingerprint density at radius 2 is 2.15 bits per heavy atom. The first-order valence-corrected chi connectivity index (χ1v) is 10.4. The number of thiazole rings is 1. The van der Waals surface area contributed by atoms with Crippen molar-refractivity contribution in [2.24, 2.45) is 4.99 Å². The third-order valence-electron chi connectivity index (χ3n) is 3.58. The molecule has 0 aliphatic carbocycles. The molecule has 0 bridgehead atoms. The third kappa shape index (κ3) is 5.47. The second-order valence-electron chi connectivity index (χ2n) is 5.60. The largest absolute Gasteiger partial charge is 0.357 e. The van der Waals surface area contributed by atoms with Crippen LogP contribution in [0, 0.1) is 5.82 Å². The van der Waals surface area contributed by atoms with E-state index >= 15 is 0 Å². The summed E-state index contributed by atoms with van der Waals surface area (Å²) in [5, 5.41) is 8.62. The second-order valence-corrected chi connectivity index (χ2v) is 7.64. The number of thioether (sulfide) groups is 1. The van der Waals surface area contributed by atoms with Crippen molar-refractivity contribution in [1.82, 2.24) is 20.0 Å². The van der Waals surface area contributed by atoms with Crippen LogP contribution in [0.3, 0.4) is 0 Å². The van der Waals surface area contributed by atoms with Gasteiger partial charge in [-0.1, -0.05) is 0 Å². The third-order valence-corrected chi connectivity index (χ3v) is 5.45. The number of nitrogens with one attached hydrogen (secondary N) is 2. The van der Waals surface area contributed by atoms with E-state index in [-0.39, 0.29) is 5.82 Å². The number of rotatable bonds is 8. The normalized spacial score (nSPS) is 11.8. The molecule has 0 amide bonds. The Hall–Kier alpha value is -2.06. The quantitative estimate of drug-likeness (QED) is 0.266. The number of fused-ring (bicyclic) bond motifs is 1. The summed E-state index contributed by atoms with van der Waals surface area (Å²) >= 11 is 3.35. The van der Waals surface area contributed by atoms with E-state index in [0.29, 0.717) is 6.54 Å². The van der Waals surface area contributed by atoms with Gasteiger partial charge >= 0.3 is 0 Å². The number of aromatic nitrogens is 2. The van der Waals surface area contributed by atoms with Gasteiger partial charge in [0, 0.05) is 35.8 Å². The van der Waals surface area contributed by atoms with E-state index < -0.39 is 0 Å². The maximum atomic E-state index is 12.9. The second kappa shape index (κ2) is 9.59. The predicted molar refractivity (Wildman–Crippen MR) is 108 cm³/mol. The van der Waals surface area contributed by atoms with E-state index in [1.807, 2.05) is 41.2 Å². The highest BCUT2D eigenvalue weighted by atomic mass is 32.2. The van der Waals surface area contributed by atoms with Gasteiger partial charge in [-0.15, -0.1) is 23.1 Å². The maximum Gasteiger partial charge on any atom is 0.193 e. The first kappa shape index (κ1) is 18.7. The predicted octanol–water partition coefficient (Wildman–Crippen LogP) is 3.77. The standard InChI is InChI=1S/C18H22FN5S2/c1-2-20-17(22-12-15-13-24-9-11-26-18(24)23-15)21-8-3-10-25-16-6-4-14(19)5-7-16/h4-7,9,11,13H,2-3,8,10,12H2,1H3,(H2,20,21,22). The topological polar surface area (TPSA) is 53.7 Å². The number of guanidine groups is 1. The Morgan fingerprint density at radius 3 is 2.92 bits per heavy atom. The molecular formula is C18H22FN5S2. The first-order valence-electron chi connectivity index (χ1n) is 8.56. The Balaban J connectivity index is 1.42. The van der Waals surface area contributed by atoms with Crippen molar-refractivity contribution in [2.45, 2.75) is 24.8 Å². The molecule has 1 aromatic carbocycles. The Labute approximate surface area is 160 Å². The van der Waals surface area contributed by atoms with Gasteiger partial charge in [0.1, 0.15) is 5.82 Å². The smallest absolute Gasteiger partial charge is 0.193 e. The van der Waals surface area contributed by atoms with Crippen LogP contribution in [0.2, 0.25) is 0 Å². The van der Waals surface area contributed by atoms with Crippen molar-refractivity contribution >= 4 is 34.0 Å². The molecule has 0 unspecified atom stereocenters. The highest BCUT2D eigenvalue weighted by Crippen LogP contribution is 2.18. The summed E-state index contributed by atoms with van der Waals surface area (Å²) in [5.74, 6) is 1.57. The number of aliphatic imine (C=N–C) groups is 1. The molecule has 8 heteroatoms. The molecule has 0 aliphatic heterocycles. The van der Waals surface area contributed by atoms with E-state index in [9.17, 15) is 4.39 Å². The van der Waals surface area contributed by atoms with Crippen molar-refractivity contribution in [3.8, 4) is 0 Å². The fourth-order valence-corrected chi connectivity index (χ4v) is 3.93. The fourth-order valence-electron chi connectivity index (χ4n) is 2.35. The summed E-state index contributed by atoms with van der Waals surface area (Å²) in [6.45, 7) is 4.25. The summed E-state index contributed by atoms with van der Waals surface area (Å²) in [5.41, 5.74) is 0.959. The number of hydrogen-bond acceptors (Lipinski definition) is 4. The van der Waals surface area contributed by atoms with E-state index in [2.05, 4.69) is 20.6 Å². The van der Waals surface area contributed by atoms with Crippen LogP contribution in [0.15, 0.2) is 51.9 Å². The lowest BCUT2D eigenvalue weighted by Crippen LogP contribution is -2.37. The Bertz CT molecular complexity index is 812. The van der Waals surface area contributed by atoms with Crippen molar-refractivity contribution in [2.75, 3.05) is 18.8 Å². The van der Waals surface area contributed by atoms with Gasteiger partial charge in [-0.2, -0.15) is 0 Å². The van der Waals surface area contributed by atoms with E-state index in [1.165, 1.54) is 12.1 Å². The molecule has 2 aromatic heterocycles. The highest BCUT2D eigenvalue weighted by molar-refractivity contribution is 7.99. The minimum Gasteiger partial charge on any atom is -0.357 e. The molecule has 2 heterocycles. The molecule has 0 atom stereocenters. The molecule has 0 radical (unpaired) electrons. The number of hydrogen-bond donors (Lipinski definition) is 2. The van der Waals surface area contributed by atoms with E-state index in [1.54, 1.807) is 23.1 Å². The number of nitrogens with zero attached hydrogens (tertiary/aromatic N) is 3. The van der Waals surface area contributed by atoms with Crippen molar-refractivity contribution in [1.29, 1.82) is 0 Å². The summed E-state index contributed by atoms with van der Waals surface area (Å²) in [7, 11) is 0. The van der Waals surface area contributed by atoms with Crippen molar-refractivity contribution in [3.05, 3.63) is 53.6 Å². The molecule has 2 N–H and O–H groups in total. The number of benzene rings is 1. The SMILES string of the molecule is CCNC(=NCc1cn2ccsc2n1)NCCCSc1ccc(F)cc1. The van der Waals surface area contributed by atoms with Crippen molar-refractivity contribution in [3.63, 3.8) is 0 Å². The molecular weight excluding hydrogens is 369 g/mol. The minimum absolute atomic E-state index is 0.194. The first-order chi connectivity index (χ1) is 12.7. The van der Waals surface area contributed by atoms with Crippen LogP contribution in [0.1, 0.15) is 19.0 Å². The molecule has 3 aromatic rings. The molecule has 26 heavy (non-hydrogen) atoms. The average molecular weight is 392 g/mol. The number of imidazole rings is 1. The van der Waals surface area contributed by atoms with Gasteiger partial charge < -0.3 is 10.6 Å². The molecule has 0 saturated carbocycles. The van der Waals surface area contributed by atoms with Gasteiger partial charge in [-0.25, -0.2) is 14.4 Å². The lowest BCUT2D eigenvalue weighted by Gasteiger charge is -2.10. The van der Waals surface area contributed by atoms with Crippen molar-refractivity contribution < 1.29 is 4.39 Å². The van der Waals surface area contributed by atoms with E-state index in [4.69, 9.17) is 0 Å². The molecule has 138 valence electrons. The summed E-state index contributed by atoms with van der Waals surface area (Å²) in [6.07, 6.45) is 5.01. The van der Waals surface area contributed by atoms with Crippen LogP contribution >= 0.6 is 23.1 Å². The summed E-state index contributed by atoms with van der Waals surface area (Å²) < 4.78 is 14.9. The van der Waals surface area contributed by atoms with E-state index in [0.717, 1.165) is 46.8 Å². The van der Waals surface area contributed by atoms with Gasteiger partial charge in [0.15, 0.2) is 10.9 Å². The minimum atomic E-state index is -0.194. The zero-order chi connectivity index (χ0) is 18.2. The highest BCUT2D eigenvalue weighted by Gasteiger charge is 2.03. The maximum absolute atomic E-state index is 12.9. The Morgan fingerprint density at radius 1 is 1.31 bits per heavy atom. The summed E-state index contributed by atoms with van der Waals surface area (Å²) in [6, 6.07) is 6.62. The average Bonchev–Trinajstić information content (AvgIpc) is 3.22. The number of halogens is 1. The molecule has 0 aliphatic rings. The van der Waals surface area contributed by atoms with Crippen LogP contribution < -0.4 is 10.6 Å². The van der Waals surface area contributed by atoms with Gasteiger partial charge in [0.25, 0.3) is 0 Å². The van der Waals surface area contributed by atoms with Crippen LogP contribution in [0.5, 0.6) is 0 Å². The lowest BCUT2D eigenvalue weighted by molar-refractivity contribution is 0.626. The zero-order valence-corrected chi connectivity index (χ0v) is 16.2. The van der Waals surface area contributed by atoms with Gasteiger partial charge in [0.05, 0.1) is 12.2 Å². The zero-order valence-electron chi connectivity index (χ0n) is 14.6. The van der Waals surface area contributed by atoms with Crippen LogP contribution in [0.4, 0.5) is 4.39 Å². The molecule has 0 spiro atoms. The molecule has 0 fully saturated rings. The Kier molecular flexibility index (Phi) is 6.90. The van der Waals surface area contributed by atoms with Gasteiger partial charge in [-0.05, 0) is 43.4 Å². The van der Waals surface area contributed by atoms with Crippen LogP contribution in [0.25, 0.3) is 4.96 Å². The molecule has 5 nitrogen and oxygen atoms in total. The van der Waals surface area contributed by atoms with Gasteiger partial charge in [-0.3, -0.25) is 4.40 Å². The lowest BCUT2D eigenvalue weighted by atomic mass is 10.4. The molecule has 0 saturated heterocycles. The molecule has 3 rings (SSSR count). The fraction of sp³-hybridized carbons (Fsp3) is 0.333. The monoisotopic (exact) mass is 391 g/mol. The van der Waals surface area contributed by atoms with Crippen LogP contribution in [-0.2, 0) is 6.54 Å².